The predicted octanol–water partition coefficient (Wildman–Crippen LogP) is 4.93. The molecule has 96 valence electrons. The molecule has 0 heterocycles. The van der Waals surface area contributed by atoms with E-state index in [1.165, 1.54) is 29.3 Å². The Morgan fingerprint density at radius 2 is 1.88 bits per heavy atom. The fraction of sp³-hybridized carbons (Fsp3) is 0.600. The van der Waals surface area contributed by atoms with Crippen LogP contribution in [0.3, 0.4) is 0 Å². The Labute approximate surface area is 114 Å². The van der Waals surface area contributed by atoms with Crippen molar-refractivity contribution in [1.29, 1.82) is 0 Å². The molecule has 1 N–H and O–H groups in total. The molecule has 0 bridgehead atoms. The van der Waals surface area contributed by atoms with E-state index in [9.17, 15) is 0 Å². The van der Waals surface area contributed by atoms with E-state index in [0.29, 0.717) is 6.04 Å². The highest BCUT2D eigenvalue weighted by Crippen LogP contribution is 2.28. The smallest absolute Gasteiger partial charge is 0.0348 e. The van der Waals surface area contributed by atoms with Crippen LogP contribution in [0.15, 0.2) is 28.7 Å². The Balaban J connectivity index is 2.88. The minimum absolute atomic E-state index is 0.488. The molecule has 0 aromatic heterocycles. The van der Waals surface area contributed by atoms with Crippen LogP contribution in [0.5, 0.6) is 0 Å². The second kappa shape index (κ2) is 7.88. The van der Waals surface area contributed by atoms with Crippen LogP contribution in [0.2, 0.25) is 0 Å². The van der Waals surface area contributed by atoms with E-state index in [0.717, 1.165) is 12.5 Å². The van der Waals surface area contributed by atoms with E-state index in [1.807, 2.05) is 0 Å². The largest absolute Gasteiger partial charge is 0.310 e. The minimum atomic E-state index is 0.488. The standard InChI is InChI=1S/C15H24BrN/c1-4-10-17-15(12(5-2)6-3)13-8-7-9-14(16)11-13/h7-9,11-12,15,17H,4-6,10H2,1-3H3. The third kappa shape index (κ3) is 4.44. The van der Waals surface area contributed by atoms with Gasteiger partial charge in [-0.15, -0.1) is 0 Å². The fourth-order valence-electron chi connectivity index (χ4n) is 2.32. The molecular formula is C15H24BrN. The Morgan fingerprint density at radius 3 is 2.41 bits per heavy atom. The van der Waals surface area contributed by atoms with Crippen molar-refractivity contribution in [3.8, 4) is 0 Å². The molecule has 0 saturated carbocycles. The molecule has 1 atom stereocenters. The summed E-state index contributed by atoms with van der Waals surface area (Å²) in [7, 11) is 0. The Kier molecular flexibility index (Phi) is 6.83. The van der Waals surface area contributed by atoms with E-state index in [-0.39, 0.29) is 0 Å². The summed E-state index contributed by atoms with van der Waals surface area (Å²) in [5.74, 6) is 0.718. The van der Waals surface area contributed by atoms with Crippen molar-refractivity contribution in [2.75, 3.05) is 6.54 Å². The molecule has 1 rings (SSSR count). The van der Waals surface area contributed by atoms with Gasteiger partial charge in [0.2, 0.25) is 0 Å². The summed E-state index contributed by atoms with van der Waals surface area (Å²) in [6.07, 6.45) is 3.64. The van der Waals surface area contributed by atoms with Crippen LogP contribution in [0, 0.1) is 5.92 Å². The summed E-state index contributed by atoms with van der Waals surface area (Å²) >= 11 is 3.56. The third-order valence-corrected chi connectivity index (χ3v) is 3.84. The molecule has 2 heteroatoms. The Morgan fingerprint density at radius 1 is 1.18 bits per heavy atom. The van der Waals surface area contributed by atoms with E-state index in [4.69, 9.17) is 0 Å². The van der Waals surface area contributed by atoms with Gasteiger partial charge < -0.3 is 5.32 Å². The Bertz CT molecular complexity index is 320. The highest BCUT2D eigenvalue weighted by atomic mass is 79.9. The van der Waals surface area contributed by atoms with Crippen LogP contribution in [-0.2, 0) is 0 Å². The molecule has 1 aromatic rings. The first-order chi connectivity index (χ1) is 8.22. The first-order valence-corrected chi connectivity index (χ1v) is 7.51. The van der Waals surface area contributed by atoms with Gasteiger partial charge in [0.1, 0.15) is 0 Å². The number of hydrogen-bond acceptors (Lipinski definition) is 1. The maximum absolute atomic E-state index is 3.69. The summed E-state index contributed by atoms with van der Waals surface area (Å²) in [4.78, 5) is 0. The van der Waals surface area contributed by atoms with Crippen LogP contribution in [-0.4, -0.2) is 6.54 Å². The highest BCUT2D eigenvalue weighted by molar-refractivity contribution is 9.10. The maximum Gasteiger partial charge on any atom is 0.0348 e. The van der Waals surface area contributed by atoms with Crippen LogP contribution < -0.4 is 5.32 Å². The summed E-state index contributed by atoms with van der Waals surface area (Å²) in [5, 5.41) is 3.69. The van der Waals surface area contributed by atoms with Crippen molar-refractivity contribution in [3.63, 3.8) is 0 Å². The average molecular weight is 298 g/mol. The lowest BCUT2D eigenvalue weighted by atomic mass is 9.89. The molecule has 0 radical (unpaired) electrons. The number of hydrogen-bond donors (Lipinski definition) is 1. The van der Waals surface area contributed by atoms with E-state index >= 15 is 0 Å². The summed E-state index contributed by atoms with van der Waals surface area (Å²) in [6.45, 7) is 7.88. The van der Waals surface area contributed by atoms with Gasteiger partial charge in [0.15, 0.2) is 0 Å². The monoisotopic (exact) mass is 297 g/mol. The normalized spacial score (nSPS) is 13.0. The summed E-state index contributed by atoms with van der Waals surface area (Å²) < 4.78 is 1.17. The highest BCUT2D eigenvalue weighted by Gasteiger charge is 2.19. The van der Waals surface area contributed by atoms with Gasteiger partial charge in [0.25, 0.3) is 0 Å². The third-order valence-electron chi connectivity index (χ3n) is 3.34. The molecule has 1 aromatic carbocycles. The SMILES string of the molecule is CCCNC(c1cccc(Br)c1)C(CC)CC. The van der Waals surface area contributed by atoms with Gasteiger partial charge in [-0.2, -0.15) is 0 Å². The zero-order valence-corrected chi connectivity index (χ0v) is 12.8. The molecule has 0 amide bonds. The lowest BCUT2D eigenvalue weighted by Crippen LogP contribution is -2.28. The quantitative estimate of drug-likeness (QED) is 0.753. The number of nitrogens with one attached hydrogen (secondary N) is 1. The van der Waals surface area contributed by atoms with Crippen molar-refractivity contribution in [2.45, 2.75) is 46.1 Å². The van der Waals surface area contributed by atoms with Crippen LogP contribution in [0.1, 0.15) is 51.6 Å². The molecule has 0 aliphatic carbocycles. The average Bonchev–Trinajstić information content (AvgIpc) is 2.34. The second-order valence-corrected chi connectivity index (χ2v) is 5.48. The van der Waals surface area contributed by atoms with Crippen molar-refractivity contribution < 1.29 is 0 Å². The predicted molar refractivity (Wildman–Crippen MR) is 79.2 cm³/mol. The van der Waals surface area contributed by atoms with E-state index in [1.54, 1.807) is 0 Å². The number of halogens is 1. The van der Waals surface area contributed by atoms with Crippen molar-refractivity contribution in [3.05, 3.63) is 34.3 Å². The van der Waals surface area contributed by atoms with Crippen molar-refractivity contribution in [2.24, 2.45) is 5.92 Å². The Hall–Kier alpha value is -0.340. The number of benzene rings is 1. The summed E-state index contributed by atoms with van der Waals surface area (Å²) in [6, 6.07) is 9.18. The first kappa shape index (κ1) is 14.7. The molecule has 0 aliphatic heterocycles. The molecule has 1 nitrogen and oxygen atoms in total. The fourth-order valence-corrected chi connectivity index (χ4v) is 2.73. The van der Waals surface area contributed by atoms with Crippen LogP contribution >= 0.6 is 15.9 Å². The lowest BCUT2D eigenvalue weighted by Gasteiger charge is -2.27. The number of rotatable bonds is 7. The van der Waals surface area contributed by atoms with Gasteiger partial charge in [0, 0.05) is 10.5 Å². The second-order valence-electron chi connectivity index (χ2n) is 4.56. The lowest BCUT2D eigenvalue weighted by molar-refractivity contribution is 0.341. The molecule has 0 aliphatic rings. The minimum Gasteiger partial charge on any atom is -0.310 e. The van der Waals surface area contributed by atoms with Crippen molar-refractivity contribution in [1.82, 2.24) is 5.32 Å². The molecule has 0 saturated heterocycles. The van der Waals surface area contributed by atoms with Gasteiger partial charge in [-0.1, -0.05) is 61.7 Å². The van der Waals surface area contributed by atoms with Gasteiger partial charge in [-0.25, -0.2) is 0 Å². The maximum atomic E-state index is 3.69. The summed E-state index contributed by atoms with van der Waals surface area (Å²) in [5.41, 5.74) is 1.40. The zero-order valence-electron chi connectivity index (χ0n) is 11.2. The first-order valence-electron chi connectivity index (χ1n) is 6.71. The van der Waals surface area contributed by atoms with Gasteiger partial charge >= 0.3 is 0 Å². The van der Waals surface area contributed by atoms with Gasteiger partial charge in [-0.3, -0.25) is 0 Å². The van der Waals surface area contributed by atoms with Crippen LogP contribution in [0.4, 0.5) is 0 Å². The van der Waals surface area contributed by atoms with E-state index < -0.39 is 0 Å². The molecule has 0 spiro atoms. The molecule has 0 fully saturated rings. The molecule has 17 heavy (non-hydrogen) atoms. The zero-order chi connectivity index (χ0) is 12.7. The van der Waals surface area contributed by atoms with E-state index in [2.05, 4.69) is 66.3 Å². The molecular weight excluding hydrogens is 274 g/mol. The topological polar surface area (TPSA) is 12.0 Å². The van der Waals surface area contributed by atoms with Gasteiger partial charge in [0.05, 0.1) is 0 Å². The van der Waals surface area contributed by atoms with Crippen molar-refractivity contribution >= 4 is 15.9 Å². The molecule has 1 unspecified atom stereocenters. The van der Waals surface area contributed by atoms with Crippen LogP contribution in [0.25, 0.3) is 0 Å². The van der Waals surface area contributed by atoms with Gasteiger partial charge in [-0.05, 0) is 36.6 Å².